The minimum absolute atomic E-state index is 0.0593. The number of carbonyl (C=O) groups excluding carboxylic acids is 1. The van der Waals surface area contributed by atoms with E-state index < -0.39 is 6.04 Å². The van der Waals surface area contributed by atoms with Crippen LogP contribution in [-0.4, -0.2) is 10.9 Å². The highest BCUT2D eigenvalue weighted by molar-refractivity contribution is 6.30. The molecule has 0 radical (unpaired) electrons. The van der Waals surface area contributed by atoms with Gasteiger partial charge in [0, 0.05) is 10.7 Å². The topological polar surface area (TPSA) is 63.4 Å². The largest absolute Gasteiger partial charge is 0.450 e. The molecule has 0 fully saturated rings. The van der Waals surface area contributed by atoms with Crippen LogP contribution in [0.4, 0.5) is 5.82 Å². The van der Waals surface area contributed by atoms with Gasteiger partial charge in [-0.15, -0.1) is 0 Å². The summed E-state index contributed by atoms with van der Waals surface area (Å²) in [6.07, 6.45) is 0. The first kappa shape index (κ1) is 19.5. The predicted octanol–water partition coefficient (Wildman–Crippen LogP) is 5.52. The lowest BCUT2D eigenvalue weighted by Crippen LogP contribution is -2.30. The molecule has 1 amide bonds. The highest BCUT2D eigenvalue weighted by atomic mass is 35.5. The van der Waals surface area contributed by atoms with E-state index in [1.165, 1.54) is 4.90 Å². The maximum absolute atomic E-state index is 13.6. The van der Waals surface area contributed by atoms with Gasteiger partial charge >= 0.3 is 0 Å². The van der Waals surface area contributed by atoms with Crippen molar-refractivity contribution in [1.82, 2.24) is 4.98 Å². The standard InChI is InChI=1S/C25H19ClN2O3/c1-13-11-18-19(12-14(13)2)31-24-21(23(18)29)22(16-7-9-17(26)10-8-16)28(25(24)30)20-6-4-5-15(3)27-20/h4-12,22H,1-3H3/t22-/m1/s1. The van der Waals surface area contributed by atoms with Crippen LogP contribution in [0.3, 0.4) is 0 Å². The summed E-state index contributed by atoms with van der Waals surface area (Å²) in [5.41, 5.74) is 4.04. The van der Waals surface area contributed by atoms with Crippen LogP contribution in [0.5, 0.6) is 0 Å². The van der Waals surface area contributed by atoms with Gasteiger partial charge in [0.2, 0.25) is 5.76 Å². The molecule has 4 aromatic rings. The number of aryl methyl sites for hydroxylation is 3. The number of rotatable bonds is 2. The fraction of sp³-hybridized carbons (Fsp3) is 0.160. The van der Waals surface area contributed by atoms with E-state index in [1.54, 1.807) is 18.2 Å². The molecule has 1 atom stereocenters. The van der Waals surface area contributed by atoms with Crippen LogP contribution in [0.1, 0.15) is 44.5 Å². The Morgan fingerprint density at radius 1 is 0.968 bits per heavy atom. The zero-order valence-electron chi connectivity index (χ0n) is 17.3. The smallest absolute Gasteiger partial charge is 0.296 e. The van der Waals surface area contributed by atoms with Gasteiger partial charge in [0.15, 0.2) is 5.43 Å². The van der Waals surface area contributed by atoms with E-state index in [9.17, 15) is 9.59 Å². The average Bonchev–Trinajstić information content (AvgIpc) is 3.03. The Morgan fingerprint density at radius 3 is 2.39 bits per heavy atom. The predicted molar refractivity (Wildman–Crippen MR) is 121 cm³/mol. The number of halogens is 1. The third-order valence-corrected chi connectivity index (χ3v) is 6.04. The van der Waals surface area contributed by atoms with Gasteiger partial charge in [0.25, 0.3) is 5.91 Å². The SMILES string of the molecule is Cc1cccc(N2C(=O)c3oc4cc(C)c(C)cc4c(=O)c3[C@H]2c2ccc(Cl)cc2)n1. The number of hydrogen-bond donors (Lipinski definition) is 0. The van der Waals surface area contributed by atoms with Crippen molar-refractivity contribution in [1.29, 1.82) is 0 Å². The van der Waals surface area contributed by atoms with E-state index in [-0.39, 0.29) is 17.1 Å². The van der Waals surface area contributed by atoms with Crippen LogP contribution < -0.4 is 10.3 Å². The third-order valence-electron chi connectivity index (χ3n) is 5.79. The van der Waals surface area contributed by atoms with Gasteiger partial charge in [-0.3, -0.25) is 14.5 Å². The molecule has 0 N–H and O–H groups in total. The number of hydrogen-bond acceptors (Lipinski definition) is 4. The van der Waals surface area contributed by atoms with Crippen molar-refractivity contribution in [3.8, 4) is 0 Å². The van der Waals surface area contributed by atoms with Crippen LogP contribution in [0.2, 0.25) is 5.02 Å². The molecule has 5 nitrogen and oxygen atoms in total. The van der Waals surface area contributed by atoms with Gasteiger partial charge in [0.05, 0.1) is 17.0 Å². The molecular weight excluding hydrogens is 412 g/mol. The molecule has 31 heavy (non-hydrogen) atoms. The monoisotopic (exact) mass is 430 g/mol. The Hall–Kier alpha value is -3.44. The van der Waals surface area contributed by atoms with Gasteiger partial charge in [-0.2, -0.15) is 0 Å². The minimum Gasteiger partial charge on any atom is -0.450 e. The van der Waals surface area contributed by atoms with Crippen molar-refractivity contribution >= 4 is 34.3 Å². The molecule has 0 saturated heterocycles. The number of benzene rings is 2. The minimum atomic E-state index is -0.656. The zero-order valence-corrected chi connectivity index (χ0v) is 18.0. The molecule has 2 aromatic heterocycles. The van der Waals surface area contributed by atoms with E-state index in [0.717, 1.165) is 22.4 Å². The third kappa shape index (κ3) is 3.04. The first-order chi connectivity index (χ1) is 14.8. The van der Waals surface area contributed by atoms with E-state index >= 15 is 0 Å². The average molecular weight is 431 g/mol. The normalized spacial score (nSPS) is 15.5. The zero-order chi connectivity index (χ0) is 21.9. The lowest BCUT2D eigenvalue weighted by atomic mass is 9.97. The number of anilines is 1. The summed E-state index contributed by atoms with van der Waals surface area (Å²) in [7, 11) is 0. The summed E-state index contributed by atoms with van der Waals surface area (Å²) in [6, 6.07) is 15.6. The van der Waals surface area contributed by atoms with Crippen molar-refractivity contribution < 1.29 is 9.21 Å². The number of carbonyl (C=O) groups is 1. The first-order valence-electron chi connectivity index (χ1n) is 9.96. The van der Waals surface area contributed by atoms with Crippen LogP contribution in [0.25, 0.3) is 11.0 Å². The molecular formula is C25H19ClN2O3. The van der Waals surface area contributed by atoms with Gasteiger partial charge in [-0.05, 0) is 73.9 Å². The van der Waals surface area contributed by atoms with E-state index in [1.807, 2.05) is 57.2 Å². The van der Waals surface area contributed by atoms with E-state index in [4.69, 9.17) is 16.0 Å². The fourth-order valence-electron chi connectivity index (χ4n) is 4.09. The fourth-order valence-corrected chi connectivity index (χ4v) is 4.21. The lowest BCUT2D eigenvalue weighted by molar-refractivity contribution is 0.0970. The molecule has 0 spiro atoms. The Labute approximate surface area is 183 Å². The number of aromatic nitrogens is 1. The van der Waals surface area contributed by atoms with Gasteiger partial charge in [-0.25, -0.2) is 4.98 Å². The van der Waals surface area contributed by atoms with Crippen LogP contribution in [0, 0.1) is 20.8 Å². The summed E-state index contributed by atoms with van der Waals surface area (Å²) in [6.45, 7) is 5.76. The van der Waals surface area contributed by atoms with Crippen molar-refractivity contribution in [2.75, 3.05) is 4.90 Å². The van der Waals surface area contributed by atoms with Crippen molar-refractivity contribution in [2.24, 2.45) is 0 Å². The van der Waals surface area contributed by atoms with Crippen molar-refractivity contribution in [2.45, 2.75) is 26.8 Å². The second-order valence-corrected chi connectivity index (χ2v) is 8.31. The molecule has 0 aliphatic carbocycles. The molecule has 0 unspecified atom stereocenters. The molecule has 3 heterocycles. The Balaban J connectivity index is 1.83. The van der Waals surface area contributed by atoms with Crippen LogP contribution >= 0.6 is 11.6 Å². The second kappa shape index (κ2) is 7.06. The summed E-state index contributed by atoms with van der Waals surface area (Å²) in [4.78, 5) is 33.2. The molecule has 0 bridgehead atoms. The Morgan fingerprint density at radius 2 is 1.68 bits per heavy atom. The molecule has 0 saturated carbocycles. The van der Waals surface area contributed by atoms with Crippen molar-refractivity contribution in [3.05, 3.63) is 104 Å². The van der Waals surface area contributed by atoms with Crippen LogP contribution in [0.15, 0.2) is 63.8 Å². The molecule has 154 valence electrons. The molecule has 1 aliphatic heterocycles. The summed E-state index contributed by atoms with van der Waals surface area (Å²) >= 11 is 6.09. The second-order valence-electron chi connectivity index (χ2n) is 7.87. The Kier molecular flexibility index (Phi) is 4.45. The lowest BCUT2D eigenvalue weighted by Gasteiger charge is -2.24. The van der Waals surface area contributed by atoms with E-state index in [0.29, 0.717) is 27.4 Å². The Bertz CT molecular complexity index is 1420. The molecule has 6 heteroatoms. The number of amides is 1. The number of fused-ring (bicyclic) bond motifs is 2. The summed E-state index contributed by atoms with van der Waals surface area (Å²) in [5.74, 6) is 0.140. The summed E-state index contributed by atoms with van der Waals surface area (Å²) in [5, 5.41) is 1.04. The highest BCUT2D eigenvalue weighted by Gasteiger charge is 2.44. The maximum Gasteiger partial charge on any atom is 0.296 e. The highest BCUT2D eigenvalue weighted by Crippen LogP contribution is 2.41. The molecule has 2 aromatic carbocycles. The molecule has 1 aliphatic rings. The van der Waals surface area contributed by atoms with Crippen LogP contribution in [-0.2, 0) is 0 Å². The van der Waals surface area contributed by atoms with Gasteiger partial charge in [-0.1, -0.05) is 29.8 Å². The summed E-state index contributed by atoms with van der Waals surface area (Å²) < 4.78 is 6.05. The number of nitrogens with zero attached hydrogens (tertiary/aromatic N) is 2. The first-order valence-corrected chi connectivity index (χ1v) is 10.3. The number of pyridine rings is 1. The van der Waals surface area contributed by atoms with E-state index in [2.05, 4.69) is 4.98 Å². The van der Waals surface area contributed by atoms with Gasteiger partial charge in [0.1, 0.15) is 11.4 Å². The maximum atomic E-state index is 13.6. The quantitative estimate of drug-likeness (QED) is 0.420. The van der Waals surface area contributed by atoms with Crippen molar-refractivity contribution in [3.63, 3.8) is 0 Å². The van der Waals surface area contributed by atoms with Gasteiger partial charge < -0.3 is 4.42 Å². The molecule has 5 rings (SSSR count).